The Morgan fingerprint density at radius 2 is 1.89 bits per heavy atom. The van der Waals surface area contributed by atoms with Gasteiger partial charge >= 0.3 is 0 Å². The molecule has 0 saturated heterocycles. The first-order valence-electron chi connectivity index (χ1n) is 6.01. The normalized spacial score (nSPS) is 11.8. The molecule has 102 valence electrons. The van der Waals surface area contributed by atoms with Crippen LogP contribution in [0.1, 0.15) is 24.8 Å². The molecule has 0 aromatic heterocycles. The van der Waals surface area contributed by atoms with Crippen molar-refractivity contribution in [3.05, 3.63) is 35.4 Å². The van der Waals surface area contributed by atoms with Crippen LogP contribution in [0.3, 0.4) is 0 Å². The van der Waals surface area contributed by atoms with Crippen LogP contribution >= 0.6 is 0 Å². The van der Waals surface area contributed by atoms with Gasteiger partial charge in [-0.3, -0.25) is 0 Å². The highest BCUT2D eigenvalue weighted by Gasteiger charge is 2.02. The van der Waals surface area contributed by atoms with Gasteiger partial charge in [-0.25, -0.2) is 8.78 Å². The summed E-state index contributed by atoms with van der Waals surface area (Å²) in [6, 6.07) is 4.86. The molecule has 1 aromatic carbocycles. The smallest absolute Gasteiger partial charge is 0.256 e. The Morgan fingerprint density at radius 3 is 2.56 bits per heavy atom. The molecule has 2 N–H and O–H groups in total. The highest BCUT2D eigenvalue weighted by Crippen LogP contribution is 2.12. The van der Waals surface area contributed by atoms with Crippen LogP contribution < -0.4 is 0 Å². The third-order valence-corrected chi connectivity index (χ3v) is 3.93. The largest absolute Gasteiger partial charge is 0.379 e. The van der Waals surface area contributed by atoms with Crippen LogP contribution in [0.25, 0.3) is 0 Å². The summed E-state index contributed by atoms with van der Waals surface area (Å²) >= 11 is 0. The zero-order valence-electron chi connectivity index (χ0n) is 10.1. The summed E-state index contributed by atoms with van der Waals surface area (Å²) in [6.07, 6.45) is 3.56. The molecule has 6 heteroatoms. The minimum atomic E-state index is -1.64. The van der Waals surface area contributed by atoms with E-state index in [-0.39, 0.29) is 0 Å². The minimum absolute atomic E-state index is 0.724. The molecule has 1 rings (SSSR count). The van der Waals surface area contributed by atoms with E-state index in [1.54, 1.807) is 6.07 Å². The lowest BCUT2D eigenvalue weighted by Crippen LogP contribution is -2.12. The van der Waals surface area contributed by atoms with E-state index in [1.807, 2.05) is 0 Å². The second-order valence-corrected chi connectivity index (χ2v) is 5.56. The topological polar surface area (TPSA) is 49.7 Å². The first kappa shape index (κ1) is 15.2. The van der Waals surface area contributed by atoms with Crippen LogP contribution in [0.15, 0.2) is 18.2 Å². The third kappa shape index (κ3) is 6.20. The second kappa shape index (κ2) is 8.31. The SMILES string of the molecule is OC(O)O[SiH2]CCCCCc1ccc(F)c(F)c1. The molecule has 1 aromatic rings. The highest BCUT2D eigenvalue weighted by atomic mass is 28.2. The lowest BCUT2D eigenvalue weighted by Gasteiger charge is -2.05. The van der Waals surface area contributed by atoms with Gasteiger partial charge in [0.05, 0.1) is 0 Å². The van der Waals surface area contributed by atoms with Crippen LogP contribution in [-0.2, 0) is 10.8 Å². The molecule has 0 aliphatic rings. The molecule has 18 heavy (non-hydrogen) atoms. The zero-order valence-corrected chi connectivity index (χ0v) is 11.5. The molecule has 0 aliphatic carbocycles. The molecule has 0 atom stereocenters. The zero-order chi connectivity index (χ0) is 13.4. The molecule has 0 heterocycles. The van der Waals surface area contributed by atoms with Crippen molar-refractivity contribution in [2.45, 2.75) is 38.2 Å². The van der Waals surface area contributed by atoms with Gasteiger partial charge in [0.1, 0.15) is 0 Å². The van der Waals surface area contributed by atoms with E-state index in [4.69, 9.17) is 14.6 Å². The number of rotatable bonds is 8. The summed E-state index contributed by atoms with van der Waals surface area (Å²) in [4.78, 5) is 0. The number of hydrogen-bond donors (Lipinski definition) is 2. The molecule has 0 spiro atoms. The van der Waals surface area contributed by atoms with Gasteiger partial charge in [-0.15, -0.1) is 0 Å². The molecule has 0 unspecified atom stereocenters. The van der Waals surface area contributed by atoms with E-state index in [9.17, 15) is 8.78 Å². The van der Waals surface area contributed by atoms with Crippen molar-refractivity contribution in [1.29, 1.82) is 0 Å². The average molecular weight is 276 g/mol. The Hall–Kier alpha value is -0.823. The van der Waals surface area contributed by atoms with Gasteiger partial charge in [-0.2, -0.15) is 0 Å². The van der Waals surface area contributed by atoms with Crippen LogP contribution in [-0.4, -0.2) is 26.5 Å². The summed E-state index contributed by atoms with van der Waals surface area (Å²) in [5.74, 6) is -1.62. The van der Waals surface area contributed by atoms with Gasteiger partial charge in [-0.05, 0) is 36.6 Å². The molecule has 0 bridgehead atoms. The van der Waals surface area contributed by atoms with E-state index in [1.165, 1.54) is 6.07 Å². The second-order valence-electron chi connectivity index (χ2n) is 4.11. The fraction of sp³-hybridized carbons (Fsp3) is 0.500. The van der Waals surface area contributed by atoms with Crippen molar-refractivity contribution in [3.63, 3.8) is 0 Å². The summed E-state index contributed by atoms with van der Waals surface area (Å²) in [6.45, 7) is -1.64. The maximum Gasteiger partial charge on any atom is 0.256 e. The number of aliphatic hydroxyl groups excluding tert-OH is 1. The summed E-state index contributed by atoms with van der Waals surface area (Å²) in [5, 5.41) is 16.9. The van der Waals surface area contributed by atoms with Crippen LogP contribution in [0.5, 0.6) is 0 Å². The maximum atomic E-state index is 12.9. The number of hydrogen-bond acceptors (Lipinski definition) is 3. The number of aliphatic hydroxyl groups is 2. The van der Waals surface area contributed by atoms with Crippen molar-refractivity contribution < 1.29 is 23.4 Å². The van der Waals surface area contributed by atoms with Crippen molar-refractivity contribution in [3.8, 4) is 0 Å². The first-order valence-corrected chi connectivity index (χ1v) is 7.59. The summed E-state index contributed by atoms with van der Waals surface area (Å²) in [7, 11) is -0.848. The van der Waals surface area contributed by atoms with Crippen molar-refractivity contribution >= 4 is 9.76 Å². The monoisotopic (exact) mass is 276 g/mol. The predicted molar refractivity (Wildman–Crippen MR) is 66.6 cm³/mol. The van der Waals surface area contributed by atoms with Gasteiger partial charge in [0, 0.05) is 0 Å². The number of unbranched alkanes of at least 4 members (excludes halogenated alkanes) is 2. The molecule has 0 saturated carbocycles. The summed E-state index contributed by atoms with van der Waals surface area (Å²) < 4.78 is 30.3. The Bertz CT molecular complexity index is 361. The Morgan fingerprint density at radius 1 is 1.11 bits per heavy atom. The van der Waals surface area contributed by atoms with Crippen LogP contribution in [0, 0.1) is 11.6 Å². The predicted octanol–water partition coefficient (Wildman–Crippen LogP) is 1.46. The lowest BCUT2D eigenvalue weighted by atomic mass is 10.1. The fourth-order valence-corrected chi connectivity index (χ4v) is 2.60. The van der Waals surface area contributed by atoms with E-state index < -0.39 is 27.9 Å². The molecule has 0 amide bonds. The fourth-order valence-electron chi connectivity index (χ4n) is 1.67. The first-order chi connectivity index (χ1) is 8.59. The van der Waals surface area contributed by atoms with Gasteiger partial charge in [0.2, 0.25) is 0 Å². The lowest BCUT2D eigenvalue weighted by molar-refractivity contribution is -0.180. The summed E-state index contributed by atoms with van der Waals surface area (Å²) in [5.41, 5.74) is 0.799. The average Bonchev–Trinajstić information content (AvgIpc) is 2.32. The minimum Gasteiger partial charge on any atom is -0.379 e. The Labute approximate surface area is 107 Å². The van der Waals surface area contributed by atoms with Crippen LogP contribution in [0.4, 0.5) is 8.78 Å². The number of aryl methyl sites for hydroxylation is 1. The van der Waals surface area contributed by atoms with E-state index in [0.29, 0.717) is 0 Å². The van der Waals surface area contributed by atoms with Crippen LogP contribution in [0.2, 0.25) is 6.04 Å². The van der Waals surface area contributed by atoms with E-state index >= 15 is 0 Å². The van der Waals surface area contributed by atoms with Crippen molar-refractivity contribution in [1.82, 2.24) is 0 Å². The molecule has 0 aliphatic heterocycles. The van der Waals surface area contributed by atoms with Crippen molar-refractivity contribution in [2.24, 2.45) is 0 Å². The Kier molecular flexibility index (Phi) is 7.03. The Balaban J connectivity index is 2.09. The van der Waals surface area contributed by atoms with E-state index in [2.05, 4.69) is 0 Å². The van der Waals surface area contributed by atoms with Gasteiger partial charge in [0.25, 0.3) is 6.48 Å². The molecule has 3 nitrogen and oxygen atoms in total. The van der Waals surface area contributed by atoms with Gasteiger partial charge in [-0.1, -0.05) is 18.9 Å². The molecular formula is C12H18F2O3Si. The number of benzene rings is 1. The highest BCUT2D eigenvalue weighted by molar-refractivity contribution is 6.26. The molecule has 0 radical (unpaired) electrons. The number of halogens is 2. The van der Waals surface area contributed by atoms with Gasteiger partial charge < -0.3 is 14.6 Å². The van der Waals surface area contributed by atoms with Gasteiger partial charge in [0.15, 0.2) is 21.4 Å². The third-order valence-electron chi connectivity index (χ3n) is 2.61. The molecular weight excluding hydrogens is 258 g/mol. The molecule has 0 fully saturated rings. The van der Waals surface area contributed by atoms with Crippen molar-refractivity contribution in [2.75, 3.05) is 0 Å². The van der Waals surface area contributed by atoms with E-state index in [0.717, 1.165) is 43.4 Å². The standard InChI is InChI=1S/C12H18F2O3Si/c13-10-6-5-9(8-11(10)14)4-2-1-3-7-18-17-12(15)16/h5-6,8,12,15-16H,1-4,7,18H2. The maximum absolute atomic E-state index is 12.9. The quantitative estimate of drug-likeness (QED) is 0.429.